The second-order valence-corrected chi connectivity index (χ2v) is 6.04. The molecule has 0 fully saturated rings. The van der Waals surface area contributed by atoms with Crippen molar-refractivity contribution in [3.8, 4) is 11.5 Å². The highest BCUT2D eigenvalue weighted by Gasteiger charge is 2.12. The Balaban J connectivity index is 0.000000204. The summed E-state index contributed by atoms with van der Waals surface area (Å²) in [6.07, 6.45) is 0. The number of phenolic OH excluding ortho intramolecular Hbond substituents is 2. The van der Waals surface area contributed by atoms with Crippen molar-refractivity contribution in [2.45, 2.75) is 40.0 Å². The van der Waals surface area contributed by atoms with Crippen molar-refractivity contribution >= 4 is 0 Å². The minimum atomic E-state index is 0.174. The van der Waals surface area contributed by atoms with Crippen LogP contribution >= 0.6 is 0 Å². The Labute approximate surface area is 121 Å². The van der Waals surface area contributed by atoms with Gasteiger partial charge in [0.2, 0.25) is 0 Å². The van der Waals surface area contributed by atoms with Crippen LogP contribution in [0.4, 0.5) is 0 Å². The average Bonchev–Trinajstić information content (AvgIpc) is 2.36. The molecule has 0 atom stereocenters. The minimum Gasteiger partial charge on any atom is -0.508 e. The van der Waals surface area contributed by atoms with E-state index in [9.17, 15) is 5.11 Å². The fourth-order valence-corrected chi connectivity index (χ4v) is 1.77. The van der Waals surface area contributed by atoms with Crippen LogP contribution in [0.3, 0.4) is 0 Å². The monoisotopic (exact) mass is 272 g/mol. The lowest BCUT2D eigenvalue weighted by atomic mass is 9.87. The molecule has 0 aliphatic carbocycles. The van der Waals surface area contributed by atoms with Gasteiger partial charge in [-0.15, -0.1) is 0 Å². The number of benzene rings is 2. The summed E-state index contributed by atoms with van der Waals surface area (Å²) in [5.74, 6) is 0.746. The van der Waals surface area contributed by atoms with Gasteiger partial charge in [-0.2, -0.15) is 0 Å². The van der Waals surface area contributed by atoms with Crippen molar-refractivity contribution < 1.29 is 10.2 Å². The smallest absolute Gasteiger partial charge is 0.121 e. The molecule has 0 radical (unpaired) electrons. The van der Waals surface area contributed by atoms with Gasteiger partial charge >= 0.3 is 0 Å². The molecule has 0 aliphatic heterocycles. The molecule has 0 spiro atoms. The van der Waals surface area contributed by atoms with E-state index in [1.165, 1.54) is 5.56 Å². The third kappa shape index (κ3) is 4.61. The van der Waals surface area contributed by atoms with Crippen molar-refractivity contribution in [1.82, 2.24) is 0 Å². The van der Waals surface area contributed by atoms with Gasteiger partial charge in [0.05, 0.1) is 0 Å². The summed E-state index contributed by atoms with van der Waals surface area (Å²) in [5.41, 5.74) is 3.30. The Bertz CT molecular complexity index is 528. The fourth-order valence-electron chi connectivity index (χ4n) is 1.77. The number of aromatic hydroxyl groups is 2. The Morgan fingerprint density at radius 2 is 1.20 bits per heavy atom. The van der Waals surface area contributed by atoms with Crippen LogP contribution in [0.2, 0.25) is 0 Å². The highest BCUT2D eigenvalue weighted by atomic mass is 16.3. The summed E-state index contributed by atoms with van der Waals surface area (Å²) in [7, 11) is 0. The largest absolute Gasteiger partial charge is 0.508 e. The summed E-state index contributed by atoms with van der Waals surface area (Å²) in [6, 6.07) is 13.1. The van der Waals surface area contributed by atoms with Crippen LogP contribution in [0.15, 0.2) is 42.5 Å². The average molecular weight is 272 g/mol. The summed E-state index contributed by atoms with van der Waals surface area (Å²) in [6.45, 7) is 10.2. The maximum absolute atomic E-state index is 9.21. The van der Waals surface area contributed by atoms with Gasteiger partial charge in [-0.1, -0.05) is 51.1 Å². The van der Waals surface area contributed by atoms with Crippen molar-refractivity contribution in [2.24, 2.45) is 0 Å². The number of aryl methyl sites for hydroxylation is 2. The third-order valence-corrected chi connectivity index (χ3v) is 3.17. The standard InChI is InChI=1S/C10H14O.C8H10O/c1-10(2,3)8-4-6-9(11)7-5-8;1-6-4-3-5-7(2)8(6)9/h4-7,11H,1-3H3;3-5,9H,1-2H3. The molecule has 2 aromatic carbocycles. The van der Waals surface area contributed by atoms with Gasteiger partial charge in [0.1, 0.15) is 11.5 Å². The first-order valence-corrected chi connectivity index (χ1v) is 6.76. The molecule has 20 heavy (non-hydrogen) atoms. The first kappa shape index (κ1) is 16.1. The molecule has 2 N–H and O–H groups in total. The predicted molar refractivity (Wildman–Crippen MR) is 84.4 cm³/mol. The van der Waals surface area contributed by atoms with Gasteiger partial charge in [-0.25, -0.2) is 0 Å². The Hall–Kier alpha value is -1.96. The lowest BCUT2D eigenvalue weighted by Crippen LogP contribution is -2.10. The van der Waals surface area contributed by atoms with Gasteiger partial charge in [0.25, 0.3) is 0 Å². The van der Waals surface area contributed by atoms with Crippen LogP contribution < -0.4 is 0 Å². The molecule has 108 valence electrons. The van der Waals surface area contributed by atoms with E-state index < -0.39 is 0 Å². The molecule has 0 aliphatic rings. The molecule has 2 aromatic rings. The van der Waals surface area contributed by atoms with E-state index in [2.05, 4.69) is 20.8 Å². The predicted octanol–water partition coefficient (Wildman–Crippen LogP) is 4.70. The SMILES string of the molecule is CC(C)(C)c1ccc(O)cc1.Cc1cccc(C)c1O. The van der Waals surface area contributed by atoms with Crippen molar-refractivity contribution in [3.63, 3.8) is 0 Å². The second-order valence-electron chi connectivity index (χ2n) is 6.04. The maximum atomic E-state index is 9.21. The van der Waals surface area contributed by atoms with Gasteiger partial charge in [0, 0.05) is 0 Å². The van der Waals surface area contributed by atoms with Crippen molar-refractivity contribution in [2.75, 3.05) is 0 Å². The van der Waals surface area contributed by atoms with Gasteiger partial charge in [-0.3, -0.25) is 0 Å². The molecular formula is C18H24O2. The number of para-hydroxylation sites is 1. The quantitative estimate of drug-likeness (QED) is 0.730. The van der Waals surface area contributed by atoms with E-state index in [0.29, 0.717) is 11.5 Å². The number of hydrogen-bond acceptors (Lipinski definition) is 2. The molecular weight excluding hydrogens is 248 g/mol. The molecule has 2 nitrogen and oxygen atoms in total. The number of rotatable bonds is 0. The van der Waals surface area contributed by atoms with Gasteiger partial charge in [0.15, 0.2) is 0 Å². The van der Waals surface area contributed by atoms with E-state index >= 15 is 0 Å². The molecule has 0 unspecified atom stereocenters. The molecule has 0 bridgehead atoms. The molecule has 0 heterocycles. The summed E-state index contributed by atoms with van der Waals surface area (Å²) < 4.78 is 0. The molecule has 0 saturated carbocycles. The van der Waals surface area contributed by atoms with Crippen molar-refractivity contribution in [3.05, 3.63) is 59.2 Å². The molecule has 2 heteroatoms. The second kappa shape index (κ2) is 6.47. The van der Waals surface area contributed by atoms with E-state index in [4.69, 9.17) is 5.11 Å². The van der Waals surface area contributed by atoms with E-state index in [1.54, 1.807) is 12.1 Å². The molecule has 2 rings (SSSR count). The van der Waals surface area contributed by atoms with Crippen molar-refractivity contribution in [1.29, 1.82) is 0 Å². The third-order valence-electron chi connectivity index (χ3n) is 3.17. The summed E-state index contributed by atoms with van der Waals surface area (Å²) in [5, 5.41) is 18.2. The Morgan fingerprint density at radius 1 is 0.750 bits per heavy atom. The normalized spacial score (nSPS) is 10.7. The van der Waals surface area contributed by atoms with Crippen LogP contribution in [-0.2, 0) is 5.41 Å². The topological polar surface area (TPSA) is 40.5 Å². The number of hydrogen-bond donors (Lipinski definition) is 2. The zero-order valence-corrected chi connectivity index (χ0v) is 12.9. The van der Waals surface area contributed by atoms with Gasteiger partial charge in [-0.05, 0) is 48.1 Å². The van der Waals surface area contributed by atoms with Gasteiger partial charge < -0.3 is 10.2 Å². The molecule has 0 saturated heterocycles. The zero-order chi connectivity index (χ0) is 15.3. The van der Waals surface area contributed by atoms with Crippen LogP contribution in [0, 0.1) is 13.8 Å². The summed E-state index contributed by atoms with van der Waals surface area (Å²) >= 11 is 0. The number of phenols is 2. The van der Waals surface area contributed by atoms with E-state index in [0.717, 1.165) is 11.1 Å². The fraction of sp³-hybridized carbons (Fsp3) is 0.333. The zero-order valence-electron chi connectivity index (χ0n) is 12.9. The maximum Gasteiger partial charge on any atom is 0.121 e. The Morgan fingerprint density at radius 3 is 1.55 bits per heavy atom. The van der Waals surface area contributed by atoms with Crippen LogP contribution in [0.1, 0.15) is 37.5 Å². The van der Waals surface area contributed by atoms with E-state index in [-0.39, 0.29) is 5.41 Å². The lowest BCUT2D eigenvalue weighted by Gasteiger charge is -2.18. The highest BCUT2D eigenvalue weighted by molar-refractivity contribution is 5.38. The van der Waals surface area contributed by atoms with Crippen LogP contribution in [0.25, 0.3) is 0 Å². The van der Waals surface area contributed by atoms with Crippen LogP contribution in [0.5, 0.6) is 11.5 Å². The first-order valence-electron chi connectivity index (χ1n) is 6.76. The summed E-state index contributed by atoms with van der Waals surface area (Å²) in [4.78, 5) is 0. The lowest BCUT2D eigenvalue weighted by molar-refractivity contribution is 0.467. The molecule has 0 aromatic heterocycles. The highest BCUT2D eigenvalue weighted by Crippen LogP contribution is 2.23. The minimum absolute atomic E-state index is 0.174. The van der Waals surface area contributed by atoms with E-state index in [1.807, 2.05) is 44.2 Å². The first-order chi connectivity index (χ1) is 9.21. The molecule has 0 amide bonds. The van der Waals surface area contributed by atoms with Crippen LogP contribution in [-0.4, -0.2) is 10.2 Å². The Kier molecular flexibility index (Phi) is 5.20.